The molecule has 0 amide bonds. The lowest BCUT2D eigenvalue weighted by Crippen LogP contribution is -2.41. The molecular weight excluding hydrogens is 439 g/mol. The monoisotopic (exact) mass is 474 g/mol. The normalized spacial score (nSPS) is 17.9. The van der Waals surface area contributed by atoms with Gasteiger partial charge in [0.2, 0.25) is 0 Å². The van der Waals surface area contributed by atoms with Gasteiger partial charge in [-0.25, -0.2) is 0 Å². The number of guanidine groups is 1. The predicted molar refractivity (Wildman–Crippen MR) is 121 cm³/mol. The Balaban J connectivity index is 0.00000338. The Kier molecular flexibility index (Phi) is 11.9. The van der Waals surface area contributed by atoms with Gasteiger partial charge in [0.15, 0.2) is 5.96 Å². The van der Waals surface area contributed by atoms with Crippen LogP contribution in [-0.2, 0) is 4.74 Å². The lowest BCUT2D eigenvalue weighted by Gasteiger charge is -2.28. The van der Waals surface area contributed by atoms with Crippen LogP contribution in [0.25, 0.3) is 0 Å². The molecule has 1 fully saturated rings. The summed E-state index contributed by atoms with van der Waals surface area (Å²) in [4.78, 5) is 7.25. The van der Waals surface area contributed by atoms with Crippen molar-refractivity contribution in [1.29, 1.82) is 0 Å². The number of halogens is 1. The van der Waals surface area contributed by atoms with Crippen molar-refractivity contribution in [1.82, 2.24) is 15.5 Å². The molecule has 0 aromatic heterocycles. The first-order valence-corrected chi connectivity index (χ1v) is 9.56. The van der Waals surface area contributed by atoms with Crippen LogP contribution >= 0.6 is 24.0 Å². The molecule has 2 N–H and O–H groups in total. The number of aliphatic imine (C=N–C) groups is 1. The Morgan fingerprint density at radius 3 is 2.50 bits per heavy atom. The van der Waals surface area contributed by atoms with Crippen molar-refractivity contribution in [3.63, 3.8) is 0 Å². The van der Waals surface area contributed by atoms with Gasteiger partial charge in [-0.2, -0.15) is 0 Å². The van der Waals surface area contributed by atoms with Crippen molar-refractivity contribution in [2.24, 2.45) is 10.9 Å². The minimum atomic E-state index is 0. The van der Waals surface area contributed by atoms with E-state index in [9.17, 15) is 0 Å². The fraction of sp³-hybridized carbons (Fsp3) is 0.650. The summed E-state index contributed by atoms with van der Waals surface area (Å²) >= 11 is 0. The van der Waals surface area contributed by atoms with E-state index in [1.165, 1.54) is 5.56 Å². The fourth-order valence-electron chi connectivity index (χ4n) is 3.02. The molecule has 0 radical (unpaired) electrons. The van der Waals surface area contributed by atoms with Crippen molar-refractivity contribution in [2.45, 2.75) is 26.7 Å². The number of morpholine rings is 1. The molecule has 2 rings (SSSR count). The van der Waals surface area contributed by atoms with Crippen molar-refractivity contribution < 1.29 is 4.74 Å². The number of benzene rings is 1. The fourth-order valence-corrected chi connectivity index (χ4v) is 3.02. The maximum Gasteiger partial charge on any atom is 0.191 e. The van der Waals surface area contributed by atoms with Crippen LogP contribution in [0.15, 0.2) is 35.3 Å². The Bertz CT molecular complexity index is 506. The Labute approximate surface area is 176 Å². The molecular formula is C20H35IN4O. The van der Waals surface area contributed by atoms with Gasteiger partial charge in [0.1, 0.15) is 0 Å². The SMILES string of the molecule is CCNC(=NCC(C)CN1CCOCC1)NCC(C)c1ccccc1.I. The number of nitrogens with zero attached hydrogens (tertiary/aromatic N) is 2. The van der Waals surface area contributed by atoms with Crippen molar-refractivity contribution in [2.75, 3.05) is 52.5 Å². The van der Waals surface area contributed by atoms with Gasteiger partial charge in [0.05, 0.1) is 13.2 Å². The molecule has 0 aliphatic carbocycles. The molecule has 1 aromatic carbocycles. The molecule has 5 nitrogen and oxygen atoms in total. The third kappa shape index (κ3) is 8.68. The van der Waals surface area contributed by atoms with Crippen LogP contribution in [0.2, 0.25) is 0 Å². The summed E-state index contributed by atoms with van der Waals surface area (Å²) in [6, 6.07) is 10.6. The van der Waals surface area contributed by atoms with E-state index in [0.717, 1.165) is 58.4 Å². The zero-order chi connectivity index (χ0) is 17.9. The summed E-state index contributed by atoms with van der Waals surface area (Å²) in [5.74, 6) is 1.91. The molecule has 1 aliphatic heterocycles. The van der Waals surface area contributed by atoms with E-state index in [1.54, 1.807) is 0 Å². The van der Waals surface area contributed by atoms with Gasteiger partial charge in [0, 0.05) is 39.3 Å². The van der Waals surface area contributed by atoms with Crippen molar-refractivity contribution >= 4 is 29.9 Å². The molecule has 2 atom stereocenters. The highest BCUT2D eigenvalue weighted by Gasteiger charge is 2.13. The summed E-state index contributed by atoms with van der Waals surface area (Å²) in [7, 11) is 0. The van der Waals surface area contributed by atoms with E-state index >= 15 is 0 Å². The predicted octanol–water partition coefficient (Wildman–Crippen LogP) is 2.93. The van der Waals surface area contributed by atoms with E-state index < -0.39 is 0 Å². The minimum absolute atomic E-state index is 0. The second-order valence-corrected chi connectivity index (χ2v) is 6.93. The van der Waals surface area contributed by atoms with Crippen molar-refractivity contribution in [3.05, 3.63) is 35.9 Å². The van der Waals surface area contributed by atoms with Gasteiger partial charge >= 0.3 is 0 Å². The van der Waals surface area contributed by atoms with E-state index in [0.29, 0.717) is 11.8 Å². The first kappa shape index (κ1) is 23.2. The van der Waals surface area contributed by atoms with Crippen LogP contribution in [0.5, 0.6) is 0 Å². The van der Waals surface area contributed by atoms with Crippen molar-refractivity contribution in [3.8, 4) is 0 Å². The second-order valence-electron chi connectivity index (χ2n) is 6.93. The molecule has 26 heavy (non-hydrogen) atoms. The molecule has 2 unspecified atom stereocenters. The van der Waals surface area contributed by atoms with Crippen LogP contribution < -0.4 is 10.6 Å². The summed E-state index contributed by atoms with van der Waals surface area (Å²) in [6.45, 7) is 14.1. The van der Waals surface area contributed by atoms with E-state index in [2.05, 4.69) is 66.6 Å². The van der Waals surface area contributed by atoms with Gasteiger partial charge in [-0.15, -0.1) is 24.0 Å². The second kappa shape index (κ2) is 13.3. The number of hydrogen-bond donors (Lipinski definition) is 2. The molecule has 6 heteroatoms. The lowest BCUT2D eigenvalue weighted by molar-refractivity contribution is 0.0323. The maximum atomic E-state index is 5.41. The minimum Gasteiger partial charge on any atom is -0.379 e. The smallest absolute Gasteiger partial charge is 0.191 e. The molecule has 148 valence electrons. The topological polar surface area (TPSA) is 48.9 Å². The number of rotatable bonds is 8. The van der Waals surface area contributed by atoms with Crippen LogP contribution in [-0.4, -0.2) is 63.3 Å². The van der Waals surface area contributed by atoms with E-state index in [-0.39, 0.29) is 24.0 Å². The first-order chi connectivity index (χ1) is 12.2. The third-order valence-corrected chi connectivity index (χ3v) is 4.52. The summed E-state index contributed by atoms with van der Waals surface area (Å²) in [5, 5.41) is 6.84. The van der Waals surface area contributed by atoms with Crippen LogP contribution in [0.3, 0.4) is 0 Å². The van der Waals surface area contributed by atoms with E-state index in [1.807, 2.05) is 0 Å². The average molecular weight is 474 g/mol. The number of ether oxygens (including phenoxy) is 1. The van der Waals surface area contributed by atoms with Gasteiger partial charge < -0.3 is 15.4 Å². The molecule has 0 spiro atoms. The molecule has 1 saturated heterocycles. The Hall–Kier alpha value is -0.860. The van der Waals surface area contributed by atoms with E-state index in [4.69, 9.17) is 9.73 Å². The van der Waals surface area contributed by atoms with Crippen LogP contribution in [0.4, 0.5) is 0 Å². The highest BCUT2D eigenvalue weighted by molar-refractivity contribution is 14.0. The largest absolute Gasteiger partial charge is 0.379 e. The maximum absolute atomic E-state index is 5.41. The number of nitrogens with one attached hydrogen (secondary N) is 2. The average Bonchev–Trinajstić information content (AvgIpc) is 2.65. The highest BCUT2D eigenvalue weighted by atomic mass is 127. The van der Waals surface area contributed by atoms with Crippen LogP contribution in [0.1, 0.15) is 32.3 Å². The Morgan fingerprint density at radius 2 is 1.85 bits per heavy atom. The summed E-state index contributed by atoms with van der Waals surface area (Å²) in [6.07, 6.45) is 0. The van der Waals surface area contributed by atoms with Gasteiger partial charge in [-0.05, 0) is 24.3 Å². The van der Waals surface area contributed by atoms with Gasteiger partial charge in [-0.3, -0.25) is 9.89 Å². The molecule has 1 aromatic rings. The van der Waals surface area contributed by atoms with Crippen LogP contribution in [0, 0.1) is 5.92 Å². The quantitative estimate of drug-likeness (QED) is 0.346. The number of hydrogen-bond acceptors (Lipinski definition) is 3. The first-order valence-electron chi connectivity index (χ1n) is 9.56. The molecule has 1 aliphatic rings. The zero-order valence-corrected chi connectivity index (χ0v) is 18.7. The lowest BCUT2D eigenvalue weighted by atomic mass is 10.0. The molecule has 0 saturated carbocycles. The van der Waals surface area contributed by atoms with Gasteiger partial charge in [0.25, 0.3) is 0 Å². The summed E-state index contributed by atoms with van der Waals surface area (Å²) in [5.41, 5.74) is 1.35. The third-order valence-electron chi connectivity index (χ3n) is 4.52. The highest BCUT2D eigenvalue weighted by Crippen LogP contribution is 2.12. The van der Waals surface area contributed by atoms with Gasteiger partial charge in [-0.1, -0.05) is 44.2 Å². The standard InChI is InChI=1S/C20H34N4O.HI/c1-4-21-20(23-15-18(3)19-8-6-5-7-9-19)22-14-17(2)16-24-10-12-25-13-11-24;/h5-9,17-18H,4,10-16H2,1-3H3,(H2,21,22,23);1H. The molecule has 0 bridgehead atoms. The molecule has 1 heterocycles. The zero-order valence-electron chi connectivity index (χ0n) is 16.4. The Morgan fingerprint density at radius 1 is 1.15 bits per heavy atom. The summed E-state index contributed by atoms with van der Waals surface area (Å²) < 4.78 is 5.41.